The van der Waals surface area contributed by atoms with E-state index in [-0.39, 0.29) is 5.56 Å². The molecule has 1 rings (SSSR count). The van der Waals surface area contributed by atoms with Gasteiger partial charge in [0.05, 0.1) is 7.11 Å². The van der Waals surface area contributed by atoms with E-state index in [1.165, 1.54) is 6.92 Å². The number of carbonyl (C=O) groups excluding carboxylic acids is 3. The lowest BCUT2D eigenvalue weighted by Gasteiger charge is -2.32. The Labute approximate surface area is 233 Å². The summed E-state index contributed by atoms with van der Waals surface area (Å²) in [6, 6.07) is 0.0508. The highest BCUT2D eigenvalue weighted by atomic mass is 32.2. The number of benzene rings is 1. The van der Waals surface area contributed by atoms with E-state index in [9.17, 15) is 62.3 Å². The van der Waals surface area contributed by atoms with Crippen LogP contribution in [0, 0.1) is 0 Å². The van der Waals surface area contributed by atoms with Gasteiger partial charge < -0.3 is 24.3 Å². The Morgan fingerprint density at radius 3 is 1.79 bits per heavy atom. The molecule has 0 saturated heterocycles. The van der Waals surface area contributed by atoms with Crippen molar-refractivity contribution in [2.24, 2.45) is 0 Å². The topological polar surface area (TPSA) is 137 Å². The van der Waals surface area contributed by atoms with E-state index in [2.05, 4.69) is 19.6 Å². The number of amides is 2. The van der Waals surface area contributed by atoms with Gasteiger partial charge >= 0.3 is 45.5 Å². The van der Waals surface area contributed by atoms with Gasteiger partial charge in [-0.2, -0.15) is 47.9 Å². The molecule has 0 aliphatic rings. The van der Waals surface area contributed by atoms with Crippen LogP contribution in [-0.2, 0) is 35.6 Å². The molecule has 0 radical (unpaired) electrons. The Balaban J connectivity index is 3.08. The predicted octanol–water partition coefficient (Wildman–Crippen LogP) is 3.93. The van der Waals surface area contributed by atoms with E-state index >= 15 is 0 Å². The second-order valence-corrected chi connectivity index (χ2v) is 11.1. The fourth-order valence-corrected chi connectivity index (χ4v) is 3.71. The van der Waals surface area contributed by atoms with Crippen LogP contribution in [0.4, 0.5) is 44.3 Å². The lowest BCUT2D eigenvalue weighted by atomic mass is 10.1. The van der Waals surface area contributed by atoms with Crippen LogP contribution < -0.4 is 14.8 Å². The van der Waals surface area contributed by atoms with Crippen LogP contribution >= 0.6 is 0 Å². The standard InChI is InChI=1S/C22H25F9N2O8S/c1-11(32-17(36)40-18(2,3)4)15(34)33-14(16(35)39-5)10-12-6-8-13(9-7-12)41-42(37,38)22(30,31)20(25,26)19(23,24)21(27,28)29/h6-9,11,14H,10H2,1-5H3,(H,32,36)(H,33,34)/t11-,14-/m0/s1. The minimum Gasteiger partial charge on any atom is -0.467 e. The molecule has 2 atom stereocenters. The molecule has 1 aromatic carbocycles. The van der Waals surface area contributed by atoms with Gasteiger partial charge in [-0.25, -0.2) is 9.59 Å². The molecule has 0 saturated carbocycles. The summed E-state index contributed by atoms with van der Waals surface area (Å²) in [5.74, 6) is -18.1. The van der Waals surface area contributed by atoms with Crippen molar-refractivity contribution in [3.63, 3.8) is 0 Å². The lowest BCUT2D eigenvalue weighted by molar-refractivity contribution is -0.382. The zero-order valence-corrected chi connectivity index (χ0v) is 23.1. The molecular formula is C22H25F9N2O8S. The van der Waals surface area contributed by atoms with Crippen molar-refractivity contribution in [3.8, 4) is 5.75 Å². The molecule has 0 heterocycles. The van der Waals surface area contributed by atoms with Gasteiger partial charge in [-0.1, -0.05) is 12.1 Å². The summed E-state index contributed by atoms with van der Waals surface area (Å²) in [5, 5.41) is -2.60. The van der Waals surface area contributed by atoms with Crippen molar-refractivity contribution < 1.29 is 76.0 Å². The van der Waals surface area contributed by atoms with Crippen LogP contribution in [0.1, 0.15) is 33.3 Å². The number of alkyl carbamates (subject to hydrolysis) is 1. The Bertz CT molecular complexity index is 1250. The highest BCUT2D eigenvalue weighted by Crippen LogP contribution is 2.54. The molecule has 0 bridgehead atoms. The van der Waals surface area contributed by atoms with E-state index in [0.29, 0.717) is 12.1 Å². The summed E-state index contributed by atoms with van der Waals surface area (Å²) in [4.78, 5) is 36.4. The molecule has 0 aromatic heterocycles. The van der Waals surface area contributed by atoms with Gasteiger partial charge in [0.15, 0.2) is 0 Å². The SMILES string of the molecule is COC(=O)[C@H](Cc1ccc(OS(=O)(=O)C(F)(F)C(F)(F)C(F)(F)C(F)(F)F)cc1)NC(=O)[C@H](C)NC(=O)OC(C)(C)C. The second kappa shape index (κ2) is 12.4. The normalized spacial score (nSPS) is 14.8. The fourth-order valence-electron chi connectivity index (χ4n) is 2.80. The number of alkyl halides is 9. The number of nitrogens with one attached hydrogen (secondary N) is 2. The molecule has 0 fully saturated rings. The summed E-state index contributed by atoms with van der Waals surface area (Å²) in [6.07, 6.45) is -8.64. The maximum atomic E-state index is 13.8. The van der Waals surface area contributed by atoms with E-state index in [1.54, 1.807) is 20.8 Å². The van der Waals surface area contributed by atoms with E-state index < -0.39 is 81.2 Å². The van der Waals surface area contributed by atoms with Crippen molar-refractivity contribution in [3.05, 3.63) is 29.8 Å². The van der Waals surface area contributed by atoms with Crippen molar-refractivity contribution in [2.75, 3.05) is 7.11 Å². The number of carbonyl (C=O) groups is 3. The molecule has 0 aliphatic heterocycles. The molecule has 2 amide bonds. The summed E-state index contributed by atoms with van der Waals surface area (Å²) >= 11 is 0. The minimum atomic E-state index is -7.47. The Hall–Kier alpha value is -3.45. The average Bonchev–Trinajstić information content (AvgIpc) is 2.81. The van der Waals surface area contributed by atoms with Crippen molar-refractivity contribution >= 4 is 28.1 Å². The third-order valence-electron chi connectivity index (χ3n) is 4.93. The van der Waals surface area contributed by atoms with Crippen LogP contribution in [0.2, 0.25) is 0 Å². The lowest BCUT2D eigenvalue weighted by Crippen LogP contribution is -2.63. The number of esters is 1. The number of hydrogen-bond acceptors (Lipinski definition) is 8. The first-order valence-corrected chi connectivity index (χ1v) is 12.7. The van der Waals surface area contributed by atoms with Crippen LogP contribution in [-0.4, -0.2) is 74.5 Å². The van der Waals surface area contributed by atoms with Gasteiger partial charge in [-0.3, -0.25) is 4.79 Å². The number of methoxy groups -OCH3 is 1. The quantitative estimate of drug-likeness (QED) is 0.209. The molecule has 0 aliphatic carbocycles. The molecule has 10 nitrogen and oxygen atoms in total. The highest BCUT2D eigenvalue weighted by molar-refractivity contribution is 7.88. The van der Waals surface area contributed by atoms with Crippen LogP contribution in [0.3, 0.4) is 0 Å². The smallest absolute Gasteiger partial charge is 0.460 e. The van der Waals surface area contributed by atoms with E-state index in [4.69, 9.17) is 4.74 Å². The van der Waals surface area contributed by atoms with Gasteiger partial charge in [-0.15, -0.1) is 0 Å². The first-order chi connectivity index (χ1) is 18.7. The number of halogens is 9. The molecule has 2 N–H and O–H groups in total. The summed E-state index contributed by atoms with van der Waals surface area (Å²) in [7, 11) is -6.21. The monoisotopic (exact) mass is 648 g/mol. The van der Waals surface area contributed by atoms with Gasteiger partial charge in [-0.05, 0) is 45.4 Å². The Kier molecular flexibility index (Phi) is 10.8. The maximum absolute atomic E-state index is 13.8. The molecular weight excluding hydrogens is 623 g/mol. The van der Waals surface area contributed by atoms with E-state index in [1.807, 2.05) is 0 Å². The second-order valence-electron chi connectivity index (χ2n) is 9.50. The first-order valence-electron chi connectivity index (χ1n) is 11.3. The number of hydrogen-bond donors (Lipinski definition) is 2. The van der Waals surface area contributed by atoms with Crippen molar-refractivity contribution in [1.82, 2.24) is 10.6 Å². The molecule has 1 aromatic rings. The molecule has 0 unspecified atom stereocenters. The molecule has 240 valence electrons. The minimum absolute atomic E-state index is 0.0175. The zero-order valence-electron chi connectivity index (χ0n) is 22.2. The van der Waals surface area contributed by atoms with E-state index in [0.717, 1.165) is 19.2 Å². The highest BCUT2D eigenvalue weighted by Gasteiger charge is 2.86. The van der Waals surface area contributed by atoms with Gasteiger partial charge in [0, 0.05) is 6.42 Å². The third kappa shape index (κ3) is 8.31. The van der Waals surface area contributed by atoms with Crippen LogP contribution in [0.15, 0.2) is 24.3 Å². The fraction of sp³-hybridized carbons (Fsp3) is 0.591. The Morgan fingerprint density at radius 1 is 0.857 bits per heavy atom. The van der Waals surface area contributed by atoms with Gasteiger partial charge in [0.25, 0.3) is 0 Å². The largest absolute Gasteiger partial charge is 0.467 e. The summed E-state index contributed by atoms with van der Waals surface area (Å²) < 4.78 is 154. The summed E-state index contributed by atoms with van der Waals surface area (Å²) in [5.41, 5.74) is -0.876. The van der Waals surface area contributed by atoms with Crippen LogP contribution in [0.5, 0.6) is 5.75 Å². The van der Waals surface area contributed by atoms with Crippen LogP contribution in [0.25, 0.3) is 0 Å². The van der Waals surface area contributed by atoms with Gasteiger partial charge in [0.2, 0.25) is 5.91 Å². The van der Waals surface area contributed by atoms with Crippen molar-refractivity contribution in [2.45, 2.75) is 75.1 Å². The molecule has 20 heteroatoms. The Morgan fingerprint density at radius 2 is 1.36 bits per heavy atom. The third-order valence-corrected chi connectivity index (χ3v) is 6.22. The first kappa shape index (κ1) is 36.6. The number of rotatable bonds is 11. The van der Waals surface area contributed by atoms with Gasteiger partial charge in [0.1, 0.15) is 23.4 Å². The zero-order chi connectivity index (χ0) is 33.1. The number of ether oxygens (including phenoxy) is 2. The van der Waals surface area contributed by atoms with Crippen molar-refractivity contribution in [1.29, 1.82) is 0 Å². The maximum Gasteiger partial charge on any atom is 0.460 e. The molecule has 0 spiro atoms. The average molecular weight is 648 g/mol. The molecule has 42 heavy (non-hydrogen) atoms. The predicted molar refractivity (Wildman–Crippen MR) is 123 cm³/mol. The summed E-state index contributed by atoms with van der Waals surface area (Å²) in [6.45, 7) is 5.92.